The minimum absolute atomic E-state index is 0.0106. The van der Waals surface area contributed by atoms with Crippen LogP contribution in [0.25, 0.3) is 5.69 Å². The second-order valence-corrected chi connectivity index (χ2v) is 9.12. The summed E-state index contributed by atoms with van der Waals surface area (Å²) >= 11 is 1.19. The standard InChI is InChI=1S/C23H24FN7O2S/c1-13-14(2)31(17-5-3-4-16(24)10-17)22(18(13)11-25)27-20(33)12-34-23-29-28-21(15-6-7-15)30(23)9-8-19(26)32/h3-5,10,15H,6-9,12H2,1-2H3,(H2,26,32)(H,27,33). The summed E-state index contributed by atoms with van der Waals surface area (Å²) < 4.78 is 17.4. The summed E-state index contributed by atoms with van der Waals surface area (Å²) in [6.07, 6.45) is 2.20. The smallest absolute Gasteiger partial charge is 0.236 e. The van der Waals surface area contributed by atoms with Crippen molar-refractivity contribution < 1.29 is 14.0 Å². The lowest BCUT2D eigenvalue weighted by atomic mass is 10.2. The Morgan fingerprint density at radius 3 is 2.74 bits per heavy atom. The third-order valence-corrected chi connectivity index (χ3v) is 6.72. The van der Waals surface area contributed by atoms with Crippen LogP contribution in [0.2, 0.25) is 0 Å². The van der Waals surface area contributed by atoms with E-state index in [9.17, 15) is 19.2 Å². The number of anilines is 1. The van der Waals surface area contributed by atoms with Gasteiger partial charge in [0.25, 0.3) is 0 Å². The summed E-state index contributed by atoms with van der Waals surface area (Å²) in [4.78, 5) is 24.2. The molecule has 1 saturated carbocycles. The summed E-state index contributed by atoms with van der Waals surface area (Å²) in [5.41, 5.74) is 7.56. The number of nitrogens with zero attached hydrogens (tertiary/aromatic N) is 5. The number of thioether (sulfide) groups is 1. The highest BCUT2D eigenvalue weighted by atomic mass is 32.2. The normalized spacial score (nSPS) is 13.0. The van der Waals surface area contributed by atoms with Gasteiger partial charge in [0, 0.05) is 24.6 Å². The van der Waals surface area contributed by atoms with Crippen LogP contribution in [0.3, 0.4) is 0 Å². The second kappa shape index (κ2) is 9.69. The molecule has 0 aliphatic heterocycles. The van der Waals surface area contributed by atoms with Crippen LogP contribution in [0, 0.1) is 31.0 Å². The van der Waals surface area contributed by atoms with Crippen molar-refractivity contribution in [3.05, 3.63) is 52.7 Å². The van der Waals surface area contributed by atoms with Gasteiger partial charge in [-0.2, -0.15) is 5.26 Å². The molecule has 0 saturated heterocycles. The second-order valence-electron chi connectivity index (χ2n) is 8.18. The number of halogens is 1. The molecule has 4 rings (SSSR count). The molecule has 1 fully saturated rings. The van der Waals surface area contributed by atoms with E-state index in [0.717, 1.165) is 24.4 Å². The first kappa shape index (κ1) is 23.5. The van der Waals surface area contributed by atoms with E-state index in [1.165, 1.54) is 23.9 Å². The number of hydrogen-bond donors (Lipinski definition) is 2. The quantitative estimate of drug-likeness (QED) is 0.451. The minimum Gasteiger partial charge on any atom is -0.370 e. The SMILES string of the molecule is Cc1c(C#N)c(NC(=O)CSc2nnc(C3CC3)n2CCC(N)=O)n(-c2cccc(F)c2)c1C. The molecule has 11 heteroatoms. The molecule has 1 aliphatic rings. The molecule has 34 heavy (non-hydrogen) atoms. The highest BCUT2D eigenvalue weighted by Crippen LogP contribution is 2.40. The Hall–Kier alpha value is -3.65. The molecule has 3 aromatic rings. The average molecular weight is 482 g/mol. The van der Waals surface area contributed by atoms with Crippen molar-refractivity contribution in [1.29, 1.82) is 5.26 Å². The molecule has 9 nitrogen and oxygen atoms in total. The summed E-state index contributed by atoms with van der Waals surface area (Å²) in [5, 5.41) is 21.5. The number of benzene rings is 1. The number of primary amides is 1. The average Bonchev–Trinajstić information content (AvgIpc) is 3.51. The lowest BCUT2D eigenvalue weighted by molar-refractivity contribution is -0.118. The van der Waals surface area contributed by atoms with Crippen molar-refractivity contribution in [2.75, 3.05) is 11.1 Å². The minimum atomic E-state index is -0.420. The molecule has 2 heterocycles. The van der Waals surface area contributed by atoms with Gasteiger partial charge in [-0.15, -0.1) is 10.2 Å². The van der Waals surface area contributed by atoms with Gasteiger partial charge in [0.05, 0.1) is 17.0 Å². The monoisotopic (exact) mass is 481 g/mol. The van der Waals surface area contributed by atoms with E-state index in [4.69, 9.17) is 5.73 Å². The van der Waals surface area contributed by atoms with Crippen LogP contribution in [0.1, 0.15) is 47.8 Å². The number of amides is 2. The Bertz CT molecular complexity index is 1300. The molecule has 0 unspecified atom stereocenters. The molecular formula is C23H24FN7O2S. The summed E-state index contributed by atoms with van der Waals surface area (Å²) in [7, 11) is 0. The largest absolute Gasteiger partial charge is 0.370 e. The van der Waals surface area contributed by atoms with Gasteiger partial charge in [-0.1, -0.05) is 17.8 Å². The number of rotatable bonds is 9. The van der Waals surface area contributed by atoms with Gasteiger partial charge in [0.15, 0.2) is 5.16 Å². The van der Waals surface area contributed by atoms with E-state index in [-0.39, 0.29) is 18.1 Å². The van der Waals surface area contributed by atoms with Crippen molar-refractivity contribution in [2.24, 2.45) is 5.73 Å². The molecule has 1 aliphatic carbocycles. The molecule has 3 N–H and O–H groups in total. The molecular weight excluding hydrogens is 457 g/mol. The first-order valence-electron chi connectivity index (χ1n) is 10.8. The predicted octanol–water partition coefficient (Wildman–Crippen LogP) is 3.18. The van der Waals surface area contributed by atoms with Gasteiger partial charge < -0.3 is 15.6 Å². The van der Waals surface area contributed by atoms with Gasteiger partial charge in [-0.05, 0) is 50.5 Å². The Morgan fingerprint density at radius 2 is 2.09 bits per heavy atom. The highest BCUT2D eigenvalue weighted by molar-refractivity contribution is 7.99. The van der Waals surface area contributed by atoms with Crippen LogP contribution < -0.4 is 11.1 Å². The van der Waals surface area contributed by atoms with E-state index in [1.54, 1.807) is 23.6 Å². The number of aromatic nitrogens is 4. The van der Waals surface area contributed by atoms with E-state index < -0.39 is 11.7 Å². The first-order chi connectivity index (χ1) is 16.3. The van der Waals surface area contributed by atoms with E-state index in [2.05, 4.69) is 21.6 Å². The van der Waals surface area contributed by atoms with Crippen LogP contribution in [0.5, 0.6) is 0 Å². The third-order valence-electron chi connectivity index (χ3n) is 5.75. The van der Waals surface area contributed by atoms with Crippen molar-refractivity contribution in [1.82, 2.24) is 19.3 Å². The molecule has 2 amide bonds. The molecule has 0 radical (unpaired) electrons. The molecule has 2 aromatic heterocycles. The Kier molecular flexibility index (Phi) is 6.70. The lowest BCUT2D eigenvalue weighted by Gasteiger charge is -2.13. The Balaban J connectivity index is 1.55. The van der Waals surface area contributed by atoms with Gasteiger partial charge in [-0.3, -0.25) is 14.2 Å². The maximum atomic E-state index is 13.9. The van der Waals surface area contributed by atoms with Crippen LogP contribution >= 0.6 is 11.8 Å². The zero-order chi connectivity index (χ0) is 24.4. The van der Waals surface area contributed by atoms with E-state index in [0.29, 0.717) is 40.3 Å². The fraction of sp³-hybridized carbons (Fsp3) is 0.348. The number of nitrogens with two attached hydrogens (primary N) is 1. The number of nitriles is 1. The zero-order valence-corrected chi connectivity index (χ0v) is 19.7. The van der Waals surface area contributed by atoms with Gasteiger partial charge in [0.1, 0.15) is 23.5 Å². The number of hydrogen-bond acceptors (Lipinski definition) is 6. The van der Waals surface area contributed by atoms with Crippen molar-refractivity contribution in [3.63, 3.8) is 0 Å². The number of nitrogens with one attached hydrogen (secondary N) is 1. The highest BCUT2D eigenvalue weighted by Gasteiger charge is 2.30. The van der Waals surface area contributed by atoms with Crippen LogP contribution in [0.4, 0.5) is 10.2 Å². The lowest BCUT2D eigenvalue weighted by Crippen LogP contribution is -2.19. The van der Waals surface area contributed by atoms with Gasteiger partial charge in [-0.25, -0.2) is 4.39 Å². The van der Waals surface area contributed by atoms with Crippen LogP contribution in [-0.2, 0) is 16.1 Å². The topological polar surface area (TPSA) is 132 Å². The van der Waals surface area contributed by atoms with Crippen LogP contribution in [0.15, 0.2) is 29.4 Å². The first-order valence-corrected chi connectivity index (χ1v) is 11.8. The van der Waals surface area contributed by atoms with Crippen molar-refractivity contribution in [2.45, 2.75) is 50.7 Å². The predicted molar refractivity (Wildman–Crippen MR) is 125 cm³/mol. The fourth-order valence-electron chi connectivity index (χ4n) is 3.78. The Labute approximate surface area is 200 Å². The third kappa shape index (κ3) is 4.82. The van der Waals surface area contributed by atoms with E-state index in [1.807, 2.05) is 11.5 Å². The zero-order valence-electron chi connectivity index (χ0n) is 18.8. The summed E-state index contributed by atoms with van der Waals surface area (Å²) in [5.74, 6) is 0.242. The molecule has 1 aromatic carbocycles. The molecule has 0 bridgehead atoms. The maximum absolute atomic E-state index is 13.9. The van der Waals surface area contributed by atoms with Crippen molar-refractivity contribution >= 4 is 29.4 Å². The van der Waals surface area contributed by atoms with E-state index >= 15 is 0 Å². The van der Waals surface area contributed by atoms with Crippen molar-refractivity contribution in [3.8, 4) is 11.8 Å². The summed E-state index contributed by atoms with van der Waals surface area (Å²) in [6.45, 7) is 3.96. The fourth-order valence-corrected chi connectivity index (χ4v) is 4.55. The molecule has 0 atom stereocenters. The van der Waals surface area contributed by atoms with Gasteiger partial charge in [0.2, 0.25) is 11.8 Å². The van der Waals surface area contributed by atoms with Gasteiger partial charge >= 0.3 is 0 Å². The number of carbonyl (C=O) groups is 2. The van der Waals surface area contributed by atoms with Crippen LogP contribution in [-0.4, -0.2) is 36.9 Å². The number of carbonyl (C=O) groups excluding carboxylic acids is 2. The Morgan fingerprint density at radius 1 is 1.32 bits per heavy atom. The molecule has 176 valence electrons. The summed E-state index contributed by atoms with van der Waals surface area (Å²) in [6, 6.07) is 8.10. The maximum Gasteiger partial charge on any atom is 0.236 e. The molecule has 0 spiro atoms.